The van der Waals surface area contributed by atoms with E-state index in [4.69, 9.17) is 9.16 Å². The van der Waals surface area contributed by atoms with Gasteiger partial charge in [0.05, 0.1) is 18.6 Å². The molecule has 232 valence electrons. The lowest BCUT2D eigenvalue weighted by Gasteiger charge is -2.42. The first-order chi connectivity index (χ1) is 20.3. The van der Waals surface area contributed by atoms with Crippen LogP contribution in [0.2, 0.25) is 16.6 Å². The molecule has 5 nitrogen and oxygen atoms in total. The Morgan fingerprint density at radius 2 is 1.35 bits per heavy atom. The lowest BCUT2D eigenvalue weighted by atomic mass is 9.89. The van der Waals surface area contributed by atoms with Gasteiger partial charge in [0.2, 0.25) is 0 Å². The maximum Gasteiger partial charge on any atom is 0.337 e. The molecule has 3 aromatic rings. The van der Waals surface area contributed by atoms with Gasteiger partial charge in [-0.05, 0) is 88.8 Å². The first-order valence-electron chi connectivity index (χ1n) is 14.9. The molecule has 0 radical (unpaired) electrons. The van der Waals surface area contributed by atoms with Gasteiger partial charge in [-0.25, -0.2) is 13.6 Å². The van der Waals surface area contributed by atoms with Gasteiger partial charge in [0.25, 0.3) is 8.32 Å². The third-order valence-electron chi connectivity index (χ3n) is 8.53. The van der Waals surface area contributed by atoms with Gasteiger partial charge in [-0.2, -0.15) is 0 Å². The van der Waals surface area contributed by atoms with E-state index in [9.17, 15) is 14.7 Å². The summed E-state index contributed by atoms with van der Waals surface area (Å²) in [5.41, 5.74) is 3.95. The molecule has 0 aliphatic heterocycles. The Labute approximate surface area is 255 Å². The second-order valence-electron chi connectivity index (χ2n) is 12.2. The fourth-order valence-corrected chi connectivity index (χ4v) is 11.6. The van der Waals surface area contributed by atoms with Crippen LogP contribution in [0.5, 0.6) is 5.75 Å². The number of rotatable bonds is 14. The summed E-state index contributed by atoms with van der Waals surface area (Å²) in [6, 6.07) is 17.0. The molecule has 0 bridgehead atoms. The molecule has 43 heavy (non-hydrogen) atoms. The zero-order valence-electron chi connectivity index (χ0n) is 26.2. The number of aliphatic carboxylic acids is 1. The topological polar surface area (TPSA) is 72.8 Å². The Balaban J connectivity index is 1.80. The Hall–Kier alpha value is -3.52. The molecule has 0 aromatic heterocycles. The number of halogens is 2. The fraction of sp³-hybridized carbons (Fsp3) is 0.429. The predicted octanol–water partition coefficient (Wildman–Crippen LogP) is 8.77. The van der Waals surface area contributed by atoms with Crippen LogP contribution in [0.1, 0.15) is 80.6 Å². The first-order valence-corrected chi connectivity index (χ1v) is 17.1. The third-order valence-corrected chi connectivity index (χ3v) is 14.5. The van der Waals surface area contributed by atoms with Gasteiger partial charge in [0.15, 0.2) is 17.4 Å². The van der Waals surface area contributed by atoms with Gasteiger partial charge in [-0.3, -0.25) is 4.79 Å². The summed E-state index contributed by atoms with van der Waals surface area (Å²) in [5.74, 6) is -3.73. The highest BCUT2D eigenvalue weighted by molar-refractivity contribution is 6.78. The van der Waals surface area contributed by atoms with Crippen molar-refractivity contribution in [2.75, 3.05) is 7.11 Å². The zero-order valence-corrected chi connectivity index (χ0v) is 27.2. The van der Waals surface area contributed by atoms with Gasteiger partial charge in [-0.15, -0.1) is 0 Å². The molecule has 0 amide bonds. The summed E-state index contributed by atoms with van der Waals surface area (Å²) < 4.78 is 42.0. The molecule has 0 aliphatic carbocycles. The minimum Gasteiger partial charge on any atom is -0.539 e. The summed E-state index contributed by atoms with van der Waals surface area (Å²) >= 11 is 0. The van der Waals surface area contributed by atoms with Crippen LogP contribution < -0.4 is 4.43 Å². The van der Waals surface area contributed by atoms with E-state index >= 15 is 8.78 Å². The Morgan fingerprint density at radius 1 is 0.814 bits per heavy atom. The number of methoxy groups -OCH3 is 1. The molecular formula is C35H44F2O5Si. The van der Waals surface area contributed by atoms with Crippen LogP contribution in [-0.4, -0.2) is 32.5 Å². The second kappa shape index (κ2) is 14.8. The molecule has 0 heterocycles. The number of carboxylic acids is 1. The van der Waals surface area contributed by atoms with Crippen LogP contribution in [0.25, 0.3) is 0 Å². The number of ether oxygens (including phenoxy) is 1. The highest BCUT2D eigenvalue weighted by Crippen LogP contribution is 2.44. The molecular weight excluding hydrogens is 566 g/mol. The van der Waals surface area contributed by atoms with E-state index in [1.54, 1.807) is 24.3 Å². The minimum absolute atomic E-state index is 0.166. The monoisotopic (exact) mass is 610 g/mol. The van der Waals surface area contributed by atoms with Crippen LogP contribution in [0, 0.1) is 17.6 Å². The van der Waals surface area contributed by atoms with Gasteiger partial charge < -0.3 is 14.3 Å². The number of benzene rings is 3. The van der Waals surface area contributed by atoms with Crippen molar-refractivity contribution in [3.63, 3.8) is 0 Å². The highest BCUT2D eigenvalue weighted by atomic mass is 28.4. The SMILES string of the molecule is COC(=O)c1ccc(CCC(Cc2ccccc2Cc2cc(F)c(O[Si](C(C)C)(C(C)C)C(C)C)c(F)c2)C(=O)O)cc1. The van der Waals surface area contributed by atoms with E-state index < -0.39 is 37.8 Å². The maximum absolute atomic E-state index is 15.5. The van der Waals surface area contributed by atoms with Crippen molar-refractivity contribution in [3.05, 3.63) is 100 Å². The van der Waals surface area contributed by atoms with Crippen molar-refractivity contribution in [2.45, 2.75) is 83.8 Å². The van der Waals surface area contributed by atoms with Crippen molar-refractivity contribution in [1.29, 1.82) is 0 Å². The summed E-state index contributed by atoms with van der Waals surface area (Å²) in [6.07, 6.45) is 1.45. The quantitative estimate of drug-likeness (QED) is 0.146. The summed E-state index contributed by atoms with van der Waals surface area (Å²) in [4.78, 5) is 23.9. The molecule has 1 unspecified atom stereocenters. The maximum atomic E-state index is 15.5. The predicted molar refractivity (Wildman–Crippen MR) is 168 cm³/mol. The number of esters is 1. The molecule has 1 atom stereocenters. The van der Waals surface area contributed by atoms with E-state index in [1.807, 2.05) is 24.3 Å². The molecule has 0 aliphatic rings. The van der Waals surface area contributed by atoms with E-state index in [1.165, 1.54) is 19.2 Å². The van der Waals surface area contributed by atoms with Crippen molar-refractivity contribution in [1.82, 2.24) is 0 Å². The third kappa shape index (κ3) is 8.11. The number of carbonyl (C=O) groups is 2. The second-order valence-corrected chi connectivity index (χ2v) is 17.6. The Kier molecular flexibility index (Phi) is 11.7. The molecule has 0 saturated heterocycles. The zero-order chi connectivity index (χ0) is 31.9. The van der Waals surface area contributed by atoms with Crippen LogP contribution in [0.3, 0.4) is 0 Å². The summed E-state index contributed by atoms with van der Waals surface area (Å²) in [6.45, 7) is 12.4. The van der Waals surface area contributed by atoms with Gasteiger partial charge in [0, 0.05) is 0 Å². The van der Waals surface area contributed by atoms with Crippen molar-refractivity contribution < 1.29 is 32.6 Å². The lowest BCUT2D eigenvalue weighted by Crippen LogP contribution is -2.51. The molecule has 3 aromatic carbocycles. The van der Waals surface area contributed by atoms with Crippen LogP contribution in [0.15, 0.2) is 60.7 Å². The number of carbonyl (C=O) groups excluding carboxylic acids is 1. The largest absolute Gasteiger partial charge is 0.539 e. The standard InChI is InChI=1S/C35H44F2O5Si/c1-22(2)43(23(3)4,24(5)6)42-33-31(36)19-26(20-32(33)37)18-28-10-8-9-11-29(28)21-30(34(38)39)17-14-25-12-15-27(16-13-25)35(40)41-7/h8-13,15-16,19-20,22-24,30H,14,17-18,21H2,1-7H3,(H,38,39). The summed E-state index contributed by atoms with van der Waals surface area (Å²) in [5, 5.41) is 9.98. The Bertz CT molecular complexity index is 1360. The number of aryl methyl sites for hydroxylation is 1. The summed E-state index contributed by atoms with van der Waals surface area (Å²) in [7, 11) is -1.24. The van der Waals surface area contributed by atoms with Gasteiger partial charge in [0.1, 0.15) is 0 Å². The van der Waals surface area contributed by atoms with E-state index in [-0.39, 0.29) is 35.2 Å². The lowest BCUT2D eigenvalue weighted by molar-refractivity contribution is -0.141. The van der Waals surface area contributed by atoms with E-state index in [0.717, 1.165) is 16.7 Å². The smallest absolute Gasteiger partial charge is 0.337 e. The van der Waals surface area contributed by atoms with Gasteiger partial charge >= 0.3 is 11.9 Å². The van der Waals surface area contributed by atoms with Crippen LogP contribution in [0.4, 0.5) is 8.78 Å². The van der Waals surface area contributed by atoms with Crippen LogP contribution in [-0.2, 0) is 28.8 Å². The minimum atomic E-state index is -2.56. The van der Waals surface area contributed by atoms with Gasteiger partial charge in [-0.1, -0.05) is 77.9 Å². The fourth-order valence-electron chi connectivity index (χ4n) is 6.34. The van der Waals surface area contributed by atoms with Crippen molar-refractivity contribution >= 4 is 20.3 Å². The number of carboxylic acid groups (broad SMARTS) is 1. The first kappa shape index (κ1) is 34.0. The Morgan fingerprint density at radius 3 is 1.84 bits per heavy atom. The molecule has 8 heteroatoms. The molecule has 1 N–H and O–H groups in total. The van der Waals surface area contributed by atoms with Crippen molar-refractivity contribution in [3.8, 4) is 5.75 Å². The van der Waals surface area contributed by atoms with Crippen LogP contribution >= 0.6 is 0 Å². The molecule has 0 saturated carbocycles. The normalized spacial score (nSPS) is 12.6. The average molecular weight is 611 g/mol. The average Bonchev–Trinajstić information content (AvgIpc) is 2.95. The van der Waals surface area contributed by atoms with E-state index in [2.05, 4.69) is 41.5 Å². The molecule has 3 rings (SSSR count). The van der Waals surface area contributed by atoms with E-state index in [0.29, 0.717) is 24.0 Å². The molecule has 0 fully saturated rings. The number of hydrogen-bond donors (Lipinski definition) is 1. The number of hydrogen-bond acceptors (Lipinski definition) is 4. The molecule has 0 spiro atoms. The highest BCUT2D eigenvalue weighted by Gasteiger charge is 2.48. The van der Waals surface area contributed by atoms with Crippen molar-refractivity contribution in [2.24, 2.45) is 5.92 Å².